The summed E-state index contributed by atoms with van der Waals surface area (Å²) in [6.07, 6.45) is 0.726. The molecule has 1 aliphatic heterocycles. The molecule has 28 heavy (non-hydrogen) atoms. The quantitative estimate of drug-likeness (QED) is 0.269. The summed E-state index contributed by atoms with van der Waals surface area (Å²) in [6.45, 7) is 0. The molecule has 0 saturated carbocycles. The predicted octanol–water partition coefficient (Wildman–Crippen LogP) is 4.22. The van der Waals surface area contributed by atoms with E-state index in [2.05, 4.69) is 4.98 Å². The van der Waals surface area contributed by atoms with Crippen LogP contribution in [0.1, 0.15) is 11.3 Å². The molecule has 0 bridgehead atoms. The third-order valence-electron chi connectivity index (χ3n) is 4.24. The van der Waals surface area contributed by atoms with Gasteiger partial charge in [0.15, 0.2) is 5.16 Å². The number of benzene rings is 2. The first-order chi connectivity index (χ1) is 13.5. The van der Waals surface area contributed by atoms with Gasteiger partial charge in [-0.25, -0.2) is 9.37 Å². The van der Waals surface area contributed by atoms with Gasteiger partial charge in [-0.1, -0.05) is 23.9 Å². The summed E-state index contributed by atoms with van der Waals surface area (Å²) in [5, 5.41) is 11.4. The summed E-state index contributed by atoms with van der Waals surface area (Å²) < 4.78 is 14.9. The second-order valence-electron chi connectivity index (χ2n) is 6.10. The number of hydrogen-bond donors (Lipinski definition) is 0. The molecule has 1 aromatic heterocycles. The van der Waals surface area contributed by atoms with Crippen LogP contribution in [0.15, 0.2) is 63.4 Å². The number of rotatable bonds is 5. The third-order valence-corrected chi connectivity index (χ3v) is 6.36. The molecule has 0 spiro atoms. The Morgan fingerprint density at radius 2 is 2.04 bits per heavy atom. The zero-order valence-electron chi connectivity index (χ0n) is 14.5. The summed E-state index contributed by atoms with van der Waals surface area (Å²) in [4.78, 5) is 28.8. The van der Waals surface area contributed by atoms with Crippen LogP contribution in [0.3, 0.4) is 0 Å². The van der Waals surface area contributed by atoms with E-state index in [1.54, 1.807) is 18.2 Å². The molecule has 6 nitrogen and oxygen atoms in total. The van der Waals surface area contributed by atoms with Crippen LogP contribution >= 0.6 is 23.5 Å². The first-order valence-corrected chi connectivity index (χ1v) is 10.4. The number of non-ortho nitro benzene ring substituents is 1. The van der Waals surface area contributed by atoms with E-state index in [0.29, 0.717) is 21.5 Å². The van der Waals surface area contributed by atoms with E-state index in [0.717, 1.165) is 23.4 Å². The maximum atomic E-state index is 13.4. The molecule has 2 aromatic carbocycles. The van der Waals surface area contributed by atoms with Gasteiger partial charge in [-0.05, 0) is 29.8 Å². The van der Waals surface area contributed by atoms with Gasteiger partial charge in [0.05, 0.1) is 21.2 Å². The van der Waals surface area contributed by atoms with Crippen LogP contribution in [0.5, 0.6) is 0 Å². The summed E-state index contributed by atoms with van der Waals surface area (Å²) in [6, 6.07) is 12.1. The van der Waals surface area contributed by atoms with E-state index in [4.69, 9.17) is 0 Å². The van der Waals surface area contributed by atoms with Gasteiger partial charge in [-0.15, -0.1) is 11.8 Å². The second kappa shape index (κ2) is 7.76. The molecule has 0 fully saturated rings. The molecule has 0 aliphatic carbocycles. The molecule has 9 heteroatoms. The lowest BCUT2D eigenvalue weighted by Gasteiger charge is -2.13. The molecule has 0 atom stereocenters. The monoisotopic (exact) mass is 415 g/mol. The lowest BCUT2D eigenvalue weighted by molar-refractivity contribution is -0.384. The van der Waals surface area contributed by atoms with E-state index < -0.39 is 4.92 Å². The standard InChI is InChI=1S/C19H14FN3O3S2/c20-13-3-1-2-12(10-13)11-28-19-21-16-8-9-27-17(16)18(24)22(19)14-4-6-15(7-5-14)23(25)26/h1-7,10H,8-9,11H2. The number of aromatic nitrogens is 2. The highest BCUT2D eigenvalue weighted by atomic mass is 32.2. The van der Waals surface area contributed by atoms with Gasteiger partial charge in [0, 0.05) is 30.1 Å². The molecule has 4 rings (SSSR count). The van der Waals surface area contributed by atoms with Crippen LogP contribution in [0.25, 0.3) is 5.69 Å². The highest BCUT2D eigenvalue weighted by Crippen LogP contribution is 2.31. The van der Waals surface area contributed by atoms with Crippen molar-refractivity contribution in [3.63, 3.8) is 0 Å². The van der Waals surface area contributed by atoms with E-state index in [-0.39, 0.29) is 17.1 Å². The lowest BCUT2D eigenvalue weighted by atomic mass is 10.2. The van der Waals surface area contributed by atoms with Gasteiger partial charge in [0.25, 0.3) is 11.2 Å². The number of nitro groups is 1. The van der Waals surface area contributed by atoms with Crippen molar-refractivity contribution in [1.82, 2.24) is 9.55 Å². The minimum absolute atomic E-state index is 0.0470. The lowest BCUT2D eigenvalue weighted by Crippen LogP contribution is -2.23. The normalized spacial score (nSPS) is 12.8. The Balaban J connectivity index is 1.75. The Bertz CT molecular complexity index is 1120. The van der Waals surface area contributed by atoms with E-state index in [9.17, 15) is 19.3 Å². The van der Waals surface area contributed by atoms with Crippen molar-refractivity contribution in [2.75, 3.05) is 5.75 Å². The Hall–Kier alpha value is -2.65. The number of aryl methyl sites for hydroxylation is 1. The summed E-state index contributed by atoms with van der Waals surface area (Å²) in [7, 11) is 0. The molecule has 0 unspecified atom stereocenters. The molecule has 1 aliphatic rings. The maximum Gasteiger partial charge on any atom is 0.272 e. The molecule has 142 valence electrons. The summed E-state index contributed by atoms with van der Waals surface area (Å²) >= 11 is 2.81. The first kappa shape index (κ1) is 18.7. The Morgan fingerprint density at radius 1 is 1.25 bits per heavy atom. The average molecular weight is 415 g/mol. The molecule has 0 radical (unpaired) electrons. The largest absolute Gasteiger partial charge is 0.272 e. The Labute approximate surface area is 168 Å². The maximum absolute atomic E-state index is 13.4. The van der Waals surface area contributed by atoms with Crippen LogP contribution in [0.4, 0.5) is 10.1 Å². The predicted molar refractivity (Wildman–Crippen MR) is 107 cm³/mol. The van der Waals surface area contributed by atoms with Crippen LogP contribution in [0, 0.1) is 15.9 Å². The second-order valence-corrected chi connectivity index (χ2v) is 8.15. The van der Waals surface area contributed by atoms with Crippen LogP contribution in [0.2, 0.25) is 0 Å². The van der Waals surface area contributed by atoms with Crippen molar-refractivity contribution < 1.29 is 9.31 Å². The van der Waals surface area contributed by atoms with Crippen molar-refractivity contribution in [2.24, 2.45) is 0 Å². The van der Waals surface area contributed by atoms with Gasteiger partial charge in [-0.2, -0.15) is 0 Å². The van der Waals surface area contributed by atoms with Crippen molar-refractivity contribution in [1.29, 1.82) is 0 Å². The highest BCUT2D eigenvalue weighted by molar-refractivity contribution is 7.99. The minimum atomic E-state index is -0.483. The number of nitrogens with zero attached hydrogens (tertiary/aromatic N) is 3. The van der Waals surface area contributed by atoms with Gasteiger partial charge in [-0.3, -0.25) is 19.5 Å². The number of fused-ring (bicyclic) bond motifs is 1. The molecule has 0 N–H and O–H groups in total. The van der Waals surface area contributed by atoms with Crippen LogP contribution < -0.4 is 5.56 Å². The summed E-state index contributed by atoms with van der Waals surface area (Å²) in [5.74, 6) is 0.933. The fourth-order valence-electron chi connectivity index (χ4n) is 2.91. The molecule has 3 aromatic rings. The molecule has 0 amide bonds. The number of thioether (sulfide) groups is 2. The van der Waals surface area contributed by atoms with Gasteiger partial charge in [0.1, 0.15) is 5.82 Å². The van der Waals surface area contributed by atoms with Crippen molar-refractivity contribution in [2.45, 2.75) is 22.2 Å². The van der Waals surface area contributed by atoms with E-state index in [1.165, 1.54) is 52.4 Å². The van der Waals surface area contributed by atoms with Gasteiger partial charge in [0.2, 0.25) is 0 Å². The van der Waals surface area contributed by atoms with Crippen LogP contribution in [-0.4, -0.2) is 20.2 Å². The molecular formula is C19H14FN3O3S2. The molecular weight excluding hydrogens is 401 g/mol. The van der Waals surface area contributed by atoms with E-state index >= 15 is 0 Å². The SMILES string of the molecule is O=c1c2c(nc(SCc3cccc(F)c3)n1-c1ccc([N+](=O)[O-])cc1)CCS2. The Morgan fingerprint density at radius 3 is 2.75 bits per heavy atom. The average Bonchev–Trinajstić information content (AvgIpc) is 3.16. The van der Waals surface area contributed by atoms with E-state index in [1.807, 2.05) is 6.07 Å². The van der Waals surface area contributed by atoms with Crippen molar-refractivity contribution in [3.8, 4) is 5.69 Å². The van der Waals surface area contributed by atoms with Gasteiger partial charge < -0.3 is 0 Å². The smallest absolute Gasteiger partial charge is 0.268 e. The highest BCUT2D eigenvalue weighted by Gasteiger charge is 2.23. The van der Waals surface area contributed by atoms with Crippen molar-refractivity contribution >= 4 is 29.2 Å². The topological polar surface area (TPSA) is 78.0 Å². The van der Waals surface area contributed by atoms with Crippen LogP contribution in [-0.2, 0) is 12.2 Å². The fourth-order valence-corrected chi connectivity index (χ4v) is 4.91. The number of halogens is 1. The minimum Gasteiger partial charge on any atom is -0.268 e. The first-order valence-electron chi connectivity index (χ1n) is 8.44. The zero-order valence-corrected chi connectivity index (χ0v) is 16.1. The molecule has 0 saturated heterocycles. The number of hydrogen-bond acceptors (Lipinski definition) is 6. The Kier molecular flexibility index (Phi) is 5.19. The summed E-state index contributed by atoms with van der Waals surface area (Å²) in [5.41, 5.74) is 1.84. The van der Waals surface area contributed by atoms with Crippen molar-refractivity contribution in [3.05, 3.63) is 86.1 Å². The zero-order chi connectivity index (χ0) is 19.7. The fraction of sp³-hybridized carbons (Fsp3) is 0.158. The number of nitro benzene ring substituents is 1. The molecule has 2 heterocycles. The third kappa shape index (κ3) is 3.67. The van der Waals surface area contributed by atoms with Gasteiger partial charge >= 0.3 is 0 Å².